The first-order valence-electron chi connectivity index (χ1n) is 14.4. The van der Waals surface area contributed by atoms with E-state index in [1.165, 1.54) is 0 Å². The van der Waals surface area contributed by atoms with Gasteiger partial charge >= 0.3 is 6.03 Å². The highest BCUT2D eigenvalue weighted by Gasteiger charge is 2.23. The molecule has 0 aromatic rings. The second-order valence-electron chi connectivity index (χ2n) is 11.0. The second kappa shape index (κ2) is 14.8. The number of amides is 3. The minimum Gasteiger partial charge on any atom is -0.400 e. The standard InChI is InChI=1S/C30H45N7O2/c1-35-18-20-36(21-19-35)16-7-17-37(30(39)32-15-14-24-8-3-2-4-9-24)23-25-12-13-28(33-22-25)29(38)34-27-11-6-5-10-26(27)31/h2-6,8,10,12-13,24-25,27H,7,9,11,14-23,31H2,1H3,(H,32,39)(H,34,38). The molecule has 4 N–H and O–H groups in total. The van der Waals surface area contributed by atoms with Crippen molar-refractivity contribution in [3.05, 3.63) is 60.4 Å². The van der Waals surface area contributed by atoms with Crippen molar-refractivity contribution in [1.29, 1.82) is 0 Å². The Kier molecular flexibility index (Phi) is 11.0. The molecule has 1 saturated heterocycles. The largest absolute Gasteiger partial charge is 0.400 e. The van der Waals surface area contributed by atoms with Gasteiger partial charge in [0.2, 0.25) is 0 Å². The number of likely N-dealkylation sites (N-methyl/N-ethyl adjacent to an activating group) is 1. The van der Waals surface area contributed by atoms with Gasteiger partial charge in [-0.1, -0.05) is 42.5 Å². The molecule has 3 atom stereocenters. The molecule has 0 aromatic heterocycles. The number of hydrogen-bond acceptors (Lipinski definition) is 6. The molecular weight excluding hydrogens is 490 g/mol. The molecule has 0 bridgehead atoms. The van der Waals surface area contributed by atoms with E-state index in [1.54, 1.807) is 6.08 Å². The number of piperazine rings is 1. The SMILES string of the molecule is CN1CCN(CCCN(CC2C=CC(C(=O)NC3CC=CC=C3N)=NC2)C(=O)NCCC2C=CC=CC2)CC1. The lowest BCUT2D eigenvalue weighted by molar-refractivity contribution is -0.115. The highest BCUT2D eigenvalue weighted by atomic mass is 16.2. The molecule has 212 valence electrons. The molecular formula is C30H45N7O2. The molecule has 3 amide bonds. The van der Waals surface area contributed by atoms with Crippen molar-refractivity contribution >= 4 is 17.6 Å². The van der Waals surface area contributed by atoms with E-state index in [2.05, 4.69) is 56.8 Å². The van der Waals surface area contributed by atoms with E-state index in [0.717, 1.165) is 52.0 Å². The van der Waals surface area contributed by atoms with Gasteiger partial charge in [-0.2, -0.15) is 0 Å². The lowest BCUT2D eigenvalue weighted by Crippen LogP contribution is -2.47. The van der Waals surface area contributed by atoms with Crippen LogP contribution >= 0.6 is 0 Å². The molecule has 0 radical (unpaired) electrons. The molecule has 9 nitrogen and oxygen atoms in total. The Hall–Kier alpha value is -3.17. The normalized spacial score (nSPS) is 25.2. The fraction of sp³-hybridized carbons (Fsp3) is 0.567. The monoisotopic (exact) mass is 535 g/mol. The van der Waals surface area contributed by atoms with Gasteiger partial charge < -0.3 is 31.1 Å². The predicted molar refractivity (Wildman–Crippen MR) is 157 cm³/mol. The average molecular weight is 536 g/mol. The van der Waals surface area contributed by atoms with Gasteiger partial charge in [0.15, 0.2) is 0 Å². The number of carbonyl (C=O) groups is 2. The number of urea groups is 1. The van der Waals surface area contributed by atoms with Crippen LogP contribution in [0.2, 0.25) is 0 Å². The van der Waals surface area contributed by atoms with Crippen LogP contribution in [0.4, 0.5) is 4.79 Å². The number of allylic oxidation sites excluding steroid dienone is 6. The highest BCUT2D eigenvalue weighted by Crippen LogP contribution is 2.15. The van der Waals surface area contributed by atoms with Crippen LogP contribution < -0.4 is 16.4 Å². The summed E-state index contributed by atoms with van der Waals surface area (Å²) in [7, 11) is 2.16. The Morgan fingerprint density at radius 1 is 1.08 bits per heavy atom. The van der Waals surface area contributed by atoms with Crippen LogP contribution in [0.5, 0.6) is 0 Å². The number of nitrogens with zero attached hydrogens (tertiary/aromatic N) is 4. The fourth-order valence-electron chi connectivity index (χ4n) is 5.28. The molecule has 4 aliphatic rings. The number of nitrogens with two attached hydrogens (primary N) is 1. The Labute approximate surface area is 233 Å². The number of rotatable bonds is 11. The number of aliphatic imine (C=N–C) groups is 1. The maximum Gasteiger partial charge on any atom is 0.317 e. The summed E-state index contributed by atoms with van der Waals surface area (Å²) in [6, 6.07) is -0.215. The van der Waals surface area contributed by atoms with Crippen molar-refractivity contribution in [2.24, 2.45) is 22.6 Å². The van der Waals surface area contributed by atoms with Crippen molar-refractivity contribution in [2.75, 3.05) is 66.0 Å². The molecule has 2 aliphatic carbocycles. The van der Waals surface area contributed by atoms with Gasteiger partial charge in [-0.05, 0) is 57.3 Å². The fourth-order valence-corrected chi connectivity index (χ4v) is 5.28. The molecule has 1 fully saturated rings. The number of dihydropyridines is 1. The van der Waals surface area contributed by atoms with Gasteiger partial charge in [0.1, 0.15) is 5.71 Å². The average Bonchev–Trinajstić information content (AvgIpc) is 2.95. The number of nitrogens with one attached hydrogen (secondary N) is 2. The zero-order chi connectivity index (χ0) is 27.5. The summed E-state index contributed by atoms with van der Waals surface area (Å²) < 4.78 is 0. The number of carbonyl (C=O) groups excluding carboxylic acids is 2. The zero-order valence-corrected chi connectivity index (χ0v) is 23.3. The molecule has 4 rings (SSSR count). The van der Waals surface area contributed by atoms with Crippen LogP contribution in [0, 0.1) is 11.8 Å². The van der Waals surface area contributed by atoms with E-state index in [1.807, 2.05) is 29.2 Å². The van der Waals surface area contributed by atoms with Crippen LogP contribution in [-0.2, 0) is 4.79 Å². The van der Waals surface area contributed by atoms with E-state index in [9.17, 15) is 9.59 Å². The van der Waals surface area contributed by atoms with Crippen molar-refractivity contribution in [1.82, 2.24) is 25.3 Å². The predicted octanol–water partition coefficient (Wildman–Crippen LogP) is 2.07. The van der Waals surface area contributed by atoms with Crippen LogP contribution in [0.3, 0.4) is 0 Å². The topological polar surface area (TPSA) is 106 Å². The lowest BCUT2D eigenvalue weighted by Gasteiger charge is -2.33. The Morgan fingerprint density at radius 3 is 2.62 bits per heavy atom. The first kappa shape index (κ1) is 28.8. The van der Waals surface area contributed by atoms with Crippen molar-refractivity contribution in [2.45, 2.75) is 31.7 Å². The molecule has 9 heteroatoms. The molecule has 0 spiro atoms. The molecule has 0 saturated carbocycles. The maximum absolute atomic E-state index is 13.2. The van der Waals surface area contributed by atoms with Crippen molar-refractivity contribution < 1.29 is 9.59 Å². The van der Waals surface area contributed by atoms with E-state index in [-0.39, 0.29) is 23.9 Å². The summed E-state index contributed by atoms with van der Waals surface area (Å²) in [5, 5.41) is 6.12. The zero-order valence-electron chi connectivity index (χ0n) is 23.3. The molecule has 3 unspecified atom stereocenters. The Morgan fingerprint density at radius 2 is 1.90 bits per heavy atom. The van der Waals surface area contributed by atoms with Gasteiger partial charge in [0, 0.05) is 64.0 Å². The van der Waals surface area contributed by atoms with Gasteiger partial charge in [-0.3, -0.25) is 9.79 Å². The van der Waals surface area contributed by atoms with E-state index >= 15 is 0 Å². The van der Waals surface area contributed by atoms with Gasteiger partial charge in [-0.25, -0.2) is 4.79 Å². The first-order valence-corrected chi connectivity index (χ1v) is 14.4. The Balaban J connectivity index is 1.26. The molecule has 39 heavy (non-hydrogen) atoms. The second-order valence-corrected chi connectivity index (χ2v) is 11.0. The molecule has 0 aromatic carbocycles. The quantitative estimate of drug-likeness (QED) is 0.376. The van der Waals surface area contributed by atoms with Crippen molar-refractivity contribution in [3.8, 4) is 0 Å². The highest BCUT2D eigenvalue weighted by molar-refractivity contribution is 6.43. The van der Waals surface area contributed by atoms with Crippen LogP contribution in [0.25, 0.3) is 0 Å². The Bertz CT molecular complexity index is 1020. The third-order valence-electron chi connectivity index (χ3n) is 7.86. The minimum atomic E-state index is -0.213. The summed E-state index contributed by atoms with van der Waals surface area (Å²) >= 11 is 0. The molecule has 2 aliphatic heterocycles. The smallest absolute Gasteiger partial charge is 0.317 e. The van der Waals surface area contributed by atoms with E-state index in [0.29, 0.717) is 49.9 Å². The summed E-state index contributed by atoms with van der Waals surface area (Å²) in [5.41, 5.74) is 7.08. The number of hydrogen-bond donors (Lipinski definition) is 3. The van der Waals surface area contributed by atoms with Crippen LogP contribution in [-0.4, -0.2) is 104 Å². The lowest BCUT2D eigenvalue weighted by atomic mass is 9.97. The van der Waals surface area contributed by atoms with Crippen LogP contribution in [0.1, 0.15) is 25.7 Å². The summed E-state index contributed by atoms with van der Waals surface area (Å²) in [6.07, 6.45) is 21.6. The van der Waals surface area contributed by atoms with Crippen molar-refractivity contribution in [3.63, 3.8) is 0 Å². The first-order chi connectivity index (χ1) is 19.0. The third-order valence-corrected chi connectivity index (χ3v) is 7.86. The van der Waals surface area contributed by atoms with E-state index < -0.39 is 0 Å². The van der Waals surface area contributed by atoms with Gasteiger partial charge in [0.05, 0.1) is 6.04 Å². The molecule has 2 heterocycles. The minimum absolute atomic E-state index is 0.0164. The van der Waals surface area contributed by atoms with E-state index in [4.69, 9.17) is 5.73 Å². The summed E-state index contributed by atoms with van der Waals surface area (Å²) in [6.45, 7) is 7.76. The van der Waals surface area contributed by atoms with Crippen LogP contribution in [0.15, 0.2) is 65.4 Å². The van der Waals surface area contributed by atoms with Gasteiger partial charge in [-0.15, -0.1) is 0 Å². The maximum atomic E-state index is 13.2. The summed E-state index contributed by atoms with van der Waals surface area (Å²) in [4.78, 5) is 37.3. The summed E-state index contributed by atoms with van der Waals surface area (Å²) in [5.74, 6) is 0.344. The van der Waals surface area contributed by atoms with Gasteiger partial charge in [0.25, 0.3) is 5.91 Å². The third kappa shape index (κ3) is 9.21.